The highest BCUT2D eigenvalue weighted by Crippen LogP contribution is 2.35. The van der Waals surface area contributed by atoms with Gasteiger partial charge in [-0.1, -0.05) is 30.4 Å². The molecule has 1 amide bonds. The van der Waals surface area contributed by atoms with Gasteiger partial charge in [0.1, 0.15) is 0 Å². The zero-order chi connectivity index (χ0) is 22.8. The van der Waals surface area contributed by atoms with Crippen LogP contribution < -0.4 is 10.6 Å². The van der Waals surface area contributed by atoms with Crippen LogP contribution >= 0.6 is 0 Å². The Morgan fingerprint density at radius 1 is 1.09 bits per heavy atom. The molecule has 0 radical (unpaired) electrons. The molecular formula is C27H27N3O3. The molecule has 1 fully saturated rings. The van der Waals surface area contributed by atoms with E-state index >= 15 is 0 Å². The van der Waals surface area contributed by atoms with E-state index in [4.69, 9.17) is 4.74 Å². The molecule has 2 aromatic carbocycles. The van der Waals surface area contributed by atoms with Crippen molar-refractivity contribution in [2.75, 3.05) is 25.1 Å². The maximum absolute atomic E-state index is 13.6. The summed E-state index contributed by atoms with van der Waals surface area (Å²) in [5, 5.41) is 6.17. The summed E-state index contributed by atoms with van der Waals surface area (Å²) < 4.78 is 5.63. The van der Waals surface area contributed by atoms with Crippen molar-refractivity contribution < 1.29 is 14.3 Å². The van der Waals surface area contributed by atoms with E-state index in [0.29, 0.717) is 36.4 Å². The summed E-state index contributed by atoms with van der Waals surface area (Å²) in [5.41, 5.74) is 5.06. The first-order chi connectivity index (χ1) is 16.1. The number of hydrogen-bond donors (Lipinski definition) is 2. The molecule has 0 aromatic heterocycles. The van der Waals surface area contributed by atoms with Crippen molar-refractivity contribution >= 4 is 17.4 Å². The topological polar surface area (TPSA) is 70.7 Å². The maximum atomic E-state index is 13.6. The lowest BCUT2D eigenvalue weighted by atomic mass is 9.79. The molecular weight excluding hydrogens is 414 g/mol. The Hall–Kier alpha value is -3.64. The summed E-state index contributed by atoms with van der Waals surface area (Å²) >= 11 is 0. The van der Waals surface area contributed by atoms with Gasteiger partial charge < -0.3 is 20.3 Å². The Kier molecular flexibility index (Phi) is 5.84. The molecule has 2 heterocycles. The number of nitrogens with zero attached hydrogens (tertiary/aromatic N) is 1. The molecule has 0 spiro atoms. The van der Waals surface area contributed by atoms with Gasteiger partial charge in [0.2, 0.25) is 0 Å². The highest BCUT2D eigenvalue weighted by molar-refractivity contribution is 6.05. The molecule has 6 heteroatoms. The number of amides is 1. The van der Waals surface area contributed by atoms with E-state index in [1.54, 1.807) is 18.2 Å². The number of carbonyl (C=O) groups is 2. The first-order valence-electron chi connectivity index (χ1n) is 11.3. The van der Waals surface area contributed by atoms with E-state index in [1.807, 2.05) is 49.7 Å². The van der Waals surface area contributed by atoms with Crippen LogP contribution in [0.4, 0.5) is 5.69 Å². The number of fused-ring (bicyclic) bond motifs is 3. The predicted octanol–water partition coefficient (Wildman–Crippen LogP) is 4.04. The number of Topliss-reactive ketones (excluding diaryl/α,β-unsaturated/α-hetero) is 1. The number of nitrogens with one attached hydrogen (secondary N) is 2. The van der Waals surface area contributed by atoms with Crippen molar-refractivity contribution in [1.29, 1.82) is 0 Å². The minimum absolute atomic E-state index is 0.0203. The fourth-order valence-electron chi connectivity index (χ4n) is 4.79. The molecule has 6 nitrogen and oxygen atoms in total. The van der Waals surface area contributed by atoms with Crippen LogP contribution in [-0.4, -0.2) is 42.4 Å². The van der Waals surface area contributed by atoms with Crippen LogP contribution in [0.25, 0.3) is 0 Å². The Morgan fingerprint density at radius 3 is 2.73 bits per heavy atom. The van der Waals surface area contributed by atoms with E-state index in [1.165, 1.54) is 0 Å². The van der Waals surface area contributed by atoms with Gasteiger partial charge in [-0.15, -0.1) is 0 Å². The molecule has 2 aromatic rings. The van der Waals surface area contributed by atoms with Crippen LogP contribution in [0.15, 0.2) is 84.4 Å². The quantitative estimate of drug-likeness (QED) is 0.701. The van der Waals surface area contributed by atoms with Crippen molar-refractivity contribution in [1.82, 2.24) is 10.2 Å². The zero-order valence-electron chi connectivity index (χ0n) is 18.6. The monoisotopic (exact) mass is 441 g/mol. The van der Waals surface area contributed by atoms with Crippen molar-refractivity contribution in [3.63, 3.8) is 0 Å². The minimum Gasteiger partial charge on any atom is -0.373 e. The summed E-state index contributed by atoms with van der Waals surface area (Å²) in [7, 11) is 0. The standard InChI is InChI=1S/C27H27N3O3/c1-18-5-2-3-7-23(18)27(32)29-21-11-9-19(10-12-21)26(31)24-8-4-6-20-15-28-16-22-17-33-14-13-30(22)25(20)24/h2-7,9-12,15-16,24-25,28H,8,13-14,17H2,1H3,(H,29,32). The maximum Gasteiger partial charge on any atom is 0.255 e. The molecule has 1 aliphatic carbocycles. The van der Waals surface area contributed by atoms with Gasteiger partial charge in [0.15, 0.2) is 5.78 Å². The summed E-state index contributed by atoms with van der Waals surface area (Å²) in [6.07, 6.45) is 8.83. The number of aryl methyl sites for hydroxylation is 1. The van der Waals surface area contributed by atoms with Crippen molar-refractivity contribution in [3.8, 4) is 0 Å². The van der Waals surface area contributed by atoms with Gasteiger partial charge in [0.05, 0.1) is 30.9 Å². The van der Waals surface area contributed by atoms with Crippen LogP contribution in [0.5, 0.6) is 0 Å². The molecule has 1 saturated heterocycles. The molecule has 2 aliphatic heterocycles. The van der Waals surface area contributed by atoms with Crippen LogP contribution in [0, 0.1) is 12.8 Å². The second-order valence-corrected chi connectivity index (χ2v) is 8.59. The molecule has 0 bridgehead atoms. The Morgan fingerprint density at radius 2 is 1.91 bits per heavy atom. The SMILES string of the molecule is Cc1ccccc1C(=O)Nc1ccc(C(=O)C2CC=CC3=CNC=C4COCCN4C32)cc1. The van der Waals surface area contributed by atoms with Crippen LogP contribution in [0.3, 0.4) is 0 Å². The van der Waals surface area contributed by atoms with Gasteiger partial charge >= 0.3 is 0 Å². The number of allylic oxidation sites excluding steroid dienone is 1. The zero-order valence-corrected chi connectivity index (χ0v) is 18.6. The number of hydrogen-bond acceptors (Lipinski definition) is 5. The van der Waals surface area contributed by atoms with Gasteiger partial charge in [-0.3, -0.25) is 9.59 Å². The molecule has 2 N–H and O–H groups in total. The van der Waals surface area contributed by atoms with E-state index < -0.39 is 0 Å². The van der Waals surface area contributed by atoms with Gasteiger partial charge in [0, 0.05) is 35.8 Å². The largest absolute Gasteiger partial charge is 0.373 e. The average Bonchev–Trinajstić information content (AvgIpc) is 3.04. The number of carbonyl (C=O) groups excluding carboxylic acids is 2. The van der Waals surface area contributed by atoms with Crippen LogP contribution in [-0.2, 0) is 4.74 Å². The summed E-state index contributed by atoms with van der Waals surface area (Å²) in [6.45, 7) is 3.87. The third-order valence-corrected chi connectivity index (χ3v) is 6.51. The first-order valence-corrected chi connectivity index (χ1v) is 11.3. The lowest BCUT2D eigenvalue weighted by Crippen LogP contribution is -2.48. The number of anilines is 1. The Bertz CT molecular complexity index is 1160. The van der Waals surface area contributed by atoms with Crippen molar-refractivity contribution in [2.45, 2.75) is 19.4 Å². The Labute approximate surface area is 193 Å². The minimum atomic E-state index is -0.185. The number of rotatable bonds is 4. The highest BCUT2D eigenvalue weighted by atomic mass is 16.5. The van der Waals surface area contributed by atoms with E-state index in [9.17, 15) is 9.59 Å². The second-order valence-electron chi connectivity index (χ2n) is 8.59. The van der Waals surface area contributed by atoms with Gasteiger partial charge in [-0.2, -0.15) is 0 Å². The summed E-state index contributed by atoms with van der Waals surface area (Å²) in [6, 6.07) is 14.7. The molecule has 0 saturated carbocycles. The highest BCUT2D eigenvalue weighted by Gasteiger charge is 2.39. The van der Waals surface area contributed by atoms with Gasteiger partial charge in [0.25, 0.3) is 5.91 Å². The number of morpholine rings is 1. The normalized spacial score (nSPS) is 21.5. The fraction of sp³-hybridized carbons (Fsp3) is 0.259. The molecule has 3 aliphatic rings. The number of benzene rings is 2. The predicted molar refractivity (Wildman–Crippen MR) is 128 cm³/mol. The number of ketones is 1. The van der Waals surface area contributed by atoms with E-state index in [-0.39, 0.29) is 23.7 Å². The first kappa shape index (κ1) is 21.2. The van der Waals surface area contributed by atoms with Crippen LogP contribution in [0.2, 0.25) is 0 Å². The average molecular weight is 442 g/mol. The van der Waals surface area contributed by atoms with E-state index in [2.05, 4.69) is 27.7 Å². The molecule has 2 atom stereocenters. The smallest absolute Gasteiger partial charge is 0.255 e. The van der Waals surface area contributed by atoms with Crippen molar-refractivity contribution in [3.05, 3.63) is 101 Å². The third-order valence-electron chi connectivity index (χ3n) is 6.51. The molecule has 168 valence electrons. The lowest BCUT2D eigenvalue weighted by Gasteiger charge is -2.42. The van der Waals surface area contributed by atoms with E-state index in [0.717, 1.165) is 23.4 Å². The summed E-state index contributed by atoms with van der Waals surface area (Å²) in [5.74, 6) is -0.230. The molecule has 33 heavy (non-hydrogen) atoms. The molecule has 2 unspecified atom stereocenters. The summed E-state index contributed by atoms with van der Waals surface area (Å²) in [4.78, 5) is 28.5. The second kappa shape index (κ2) is 9.08. The Balaban J connectivity index is 1.35. The van der Waals surface area contributed by atoms with Crippen LogP contribution in [0.1, 0.15) is 32.7 Å². The third kappa shape index (κ3) is 4.22. The molecule has 5 rings (SSSR count). The van der Waals surface area contributed by atoms with Gasteiger partial charge in [-0.05, 0) is 54.8 Å². The van der Waals surface area contributed by atoms with Crippen molar-refractivity contribution in [2.24, 2.45) is 5.92 Å². The lowest BCUT2D eigenvalue weighted by molar-refractivity contribution is 0.0455. The fourth-order valence-corrected chi connectivity index (χ4v) is 4.79. The number of ether oxygens (including phenoxy) is 1. The van der Waals surface area contributed by atoms with Gasteiger partial charge in [-0.25, -0.2) is 0 Å².